The SMILES string of the molecule is c1ccc(C[NH+]2CC[NH+](C3CCCCC3)CC2)[nH+]c1. The van der Waals surface area contributed by atoms with Crippen LogP contribution in [0.25, 0.3) is 0 Å². The summed E-state index contributed by atoms with van der Waals surface area (Å²) in [4.78, 5) is 7.02. The fourth-order valence-corrected chi connectivity index (χ4v) is 3.83. The summed E-state index contributed by atoms with van der Waals surface area (Å²) in [7, 11) is 0. The maximum absolute atomic E-state index is 3.36. The Hall–Kier alpha value is -0.930. The van der Waals surface area contributed by atoms with Crippen molar-refractivity contribution in [2.24, 2.45) is 0 Å². The summed E-state index contributed by atoms with van der Waals surface area (Å²) in [5.74, 6) is 0. The molecular formula is C16H28N3+3. The van der Waals surface area contributed by atoms with Crippen LogP contribution in [0, 0.1) is 0 Å². The number of aromatic amines is 1. The standard InChI is InChI=1S/C16H25N3/c1-2-7-16(8-3-1)19-12-10-18(11-13-19)14-15-6-4-5-9-17-15/h4-6,9,16H,1-3,7-8,10-14H2/p+3. The minimum Gasteiger partial charge on any atom is -0.323 e. The second-order valence-electron chi connectivity index (χ2n) is 6.31. The number of nitrogens with one attached hydrogen (secondary N) is 3. The van der Waals surface area contributed by atoms with E-state index in [2.05, 4.69) is 23.2 Å². The lowest BCUT2D eigenvalue weighted by Crippen LogP contribution is -3.29. The second-order valence-corrected chi connectivity index (χ2v) is 6.31. The van der Waals surface area contributed by atoms with Crippen molar-refractivity contribution < 1.29 is 14.8 Å². The van der Waals surface area contributed by atoms with E-state index < -0.39 is 0 Å². The highest BCUT2D eigenvalue weighted by Gasteiger charge is 2.30. The van der Waals surface area contributed by atoms with Gasteiger partial charge in [-0.05, 0) is 31.7 Å². The third-order valence-electron chi connectivity index (χ3n) is 5.00. The van der Waals surface area contributed by atoms with Crippen LogP contribution in [0.4, 0.5) is 0 Å². The smallest absolute Gasteiger partial charge is 0.234 e. The quantitative estimate of drug-likeness (QED) is 0.706. The molecule has 2 heterocycles. The third-order valence-corrected chi connectivity index (χ3v) is 5.00. The van der Waals surface area contributed by atoms with Crippen molar-refractivity contribution in [3.8, 4) is 0 Å². The molecule has 0 radical (unpaired) electrons. The molecule has 0 bridgehead atoms. The van der Waals surface area contributed by atoms with Gasteiger partial charge in [0.25, 0.3) is 0 Å². The molecule has 2 fully saturated rings. The number of H-pyrrole nitrogens is 1. The third kappa shape index (κ3) is 3.54. The minimum absolute atomic E-state index is 0.985. The zero-order chi connectivity index (χ0) is 12.9. The molecule has 1 aromatic rings. The van der Waals surface area contributed by atoms with Gasteiger partial charge in [-0.3, -0.25) is 0 Å². The van der Waals surface area contributed by atoms with Gasteiger partial charge < -0.3 is 9.80 Å². The van der Waals surface area contributed by atoms with Crippen LogP contribution in [-0.4, -0.2) is 32.2 Å². The average Bonchev–Trinajstić information content (AvgIpc) is 2.50. The van der Waals surface area contributed by atoms with Gasteiger partial charge in [-0.1, -0.05) is 6.42 Å². The van der Waals surface area contributed by atoms with Crippen LogP contribution in [0.1, 0.15) is 37.8 Å². The summed E-state index contributed by atoms with van der Waals surface area (Å²) in [6.07, 6.45) is 9.44. The summed E-state index contributed by atoms with van der Waals surface area (Å²) in [5, 5.41) is 0. The van der Waals surface area contributed by atoms with E-state index in [0.29, 0.717) is 0 Å². The molecule has 3 nitrogen and oxygen atoms in total. The van der Waals surface area contributed by atoms with Gasteiger partial charge in [0, 0.05) is 12.1 Å². The first-order valence-corrected chi connectivity index (χ1v) is 8.05. The van der Waals surface area contributed by atoms with Gasteiger partial charge in [-0.2, -0.15) is 0 Å². The van der Waals surface area contributed by atoms with E-state index in [1.165, 1.54) is 70.5 Å². The van der Waals surface area contributed by atoms with Crippen LogP contribution in [0.3, 0.4) is 0 Å². The van der Waals surface area contributed by atoms with E-state index in [-0.39, 0.29) is 0 Å². The maximum Gasteiger partial charge on any atom is 0.234 e. The number of hydrogen-bond acceptors (Lipinski definition) is 0. The number of quaternary nitrogens is 2. The molecule has 3 N–H and O–H groups in total. The van der Waals surface area contributed by atoms with Gasteiger partial charge >= 0.3 is 0 Å². The summed E-state index contributed by atoms with van der Waals surface area (Å²) in [6.45, 7) is 6.61. The highest BCUT2D eigenvalue weighted by atomic mass is 15.3. The largest absolute Gasteiger partial charge is 0.323 e. The van der Waals surface area contributed by atoms with E-state index in [0.717, 1.165) is 6.04 Å². The van der Waals surface area contributed by atoms with E-state index in [9.17, 15) is 0 Å². The van der Waals surface area contributed by atoms with Gasteiger partial charge in [0.05, 0.1) is 6.04 Å². The van der Waals surface area contributed by atoms with Crippen molar-refractivity contribution in [1.82, 2.24) is 0 Å². The molecule has 0 unspecified atom stereocenters. The lowest BCUT2D eigenvalue weighted by atomic mass is 9.94. The first-order chi connectivity index (χ1) is 9.42. The molecule has 1 aliphatic carbocycles. The van der Waals surface area contributed by atoms with E-state index in [1.807, 2.05) is 11.1 Å². The van der Waals surface area contributed by atoms with Gasteiger partial charge in [-0.15, -0.1) is 0 Å². The highest BCUT2D eigenvalue weighted by Crippen LogP contribution is 2.15. The van der Waals surface area contributed by atoms with Crippen molar-refractivity contribution in [1.29, 1.82) is 0 Å². The topological polar surface area (TPSA) is 23.0 Å². The van der Waals surface area contributed by atoms with Gasteiger partial charge in [0.1, 0.15) is 26.2 Å². The van der Waals surface area contributed by atoms with Crippen molar-refractivity contribution in [2.45, 2.75) is 44.7 Å². The Morgan fingerprint density at radius 2 is 1.79 bits per heavy atom. The Labute approximate surface area is 116 Å². The molecule has 0 atom stereocenters. The Kier molecular flexibility index (Phi) is 4.46. The molecule has 3 heteroatoms. The summed E-state index contributed by atoms with van der Waals surface area (Å²) in [5.41, 5.74) is 1.37. The molecule has 2 aliphatic rings. The molecule has 3 rings (SSSR count). The Balaban J connectivity index is 1.46. The number of piperazine rings is 1. The average molecular weight is 262 g/mol. The van der Waals surface area contributed by atoms with Crippen LogP contribution < -0.4 is 14.8 Å². The maximum atomic E-state index is 3.36. The molecule has 104 valence electrons. The fourth-order valence-electron chi connectivity index (χ4n) is 3.83. The van der Waals surface area contributed by atoms with Crippen LogP contribution in [0.2, 0.25) is 0 Å². The van der Waals surface area contributed by atoms with E-state index >= 15 is 0 Å². The number of aromatic nitrogens is 1. The van der Waals surface area contributed by atoms with Crippen molar-refractivity contribution >= 4 is 0 Å². The Morgan fingerprint density at radius 3 is 2.47 bits per heavy atom. The number of hydrogen-bond donors (Lipinski definition) is 2. The number of rotatable bonds is 3. The van der Waals surface area contributed by atoms with Crippen LogP contribution in [0.5, 0.6) is 0 Å². The predicted octanol–water partition coefficient (Wildman–Crippen LogP) is -0.883. The molecule has 1 aromatic heterocycles. The summed E-state index contributed by atoms with van der Waals surface area (Å²) < 4.78 is 0. The Bertz CT molecular complexity index is 365. The first-order valence-electron chi connectivity index (χ1n) is 8.05. The summed E-state index contributed by atoms with van der Waals surface area (Å²) >= 11 is 0. The normalized spacial score (nSPS) is 29.3. The molecule has 1 saturated heterocycles. The van der Waals surface area contributed by atoms with Crippen LogP contribution >= 0.6 is 0 Å². The minimum atomic E-state index is 0.985. The molecule has 19 heavy (non-hydrogen) atoms. The van der Waals surface area contributed by atoms with Gasteiger partial charge in [-0.25, -0.2) is 4.98 Å². The van der Waals surface area contributed by atoms with Crippen LogP contribution in [0.15, 0.2) is 24.4 Å². The zero-order valence-corrected chi connectivity index (χ0v) is 12.0. The van der Waals surface area contributed by atoms with E-state index in [4.69, 9.17) is 0 Å². The Morgan fingerprint density at radius 1 is 1.00 bits per heavy atom. The monoisotopic (exact) mass is 262 g/mol. The molecule has 1 saturated carbocycles. The summed E-state index contributed by atoms with van der Waals surface area (Å²) in [6, 6.07) is 7.39. The molecule has 0 amide bonds. The van der Waals surface area contributed by atoms with Crippen LogP contribution in [-0.2, 0) is 6.54 Å². The lowest BCUT2D eigenvalue weighted by molar-refractivity contribution is -1.03. The molecule has 0 spiro atoms. The first kappa shape index (κ1) is 13.1. The van der Waals surface area contributed by atoms with Gasteiger partial charge in [0.15, 0.2) is 12.7 Å². The number of pyridine rings is 1. The molecule has 0 aromatic carbocycles. The second kappa shape index (κ2) is 6.49. The lowest BCUT2D eigenvalue weighted by Gasteiger charge is -2.35. The van der Waals surface area contributed by atoms with Crippen molar-refractivity contribution in [2.75, 3.05) is 26.2 Å². The zero-order valence-electron chi connectivity index (χ0n) is 12.0. The van der Waals surface area contributed by atoms with Gasteiger partial charge in [0.2, 0.25) is 5.69 Å². The van der Waals surface area contributed by atoms with Crippen molar-refractivity contribution in [3.05, 3.63) is 30.1 Å². The van der Waals surface area contributed by atoms with Crippen molar-refractivity contribution in [3.63, 3.8) is 0 Å². The predicted molar refractivity (Wildman–Crippen MR) is 75.0 cm³/mol. The highest BCUT2D eigenvalue weighted by molar-refractivity contribution is 4.94. The molecule has 1 aliphatic heterocycles. The van der Waals surface area contributed by atoms with E-state index in [1.54, 1.807) is 4.90 Å². The molecular weight excluding hydrogens is 234 g/mol. The fraction of sp³-hybridized carbons (Fsp3) is 0.688.